The number of methoxy groups -OCH3 is 3. The van der Waals surface area contributed by atoms with Crippen LogP contribution in [0.25, 0.3) is 0 Å². The summed E-state index contributed by atoms with van der Waals surface area (Å²) in [6, 6.07) is 17.0. The fourth-order valence-electron chi connectivity index (χ4n) is 4.35. The lowest BCUT2D eigenvalue weighted by Gasteiger charge is -2.28. The molecule has 0 saturated heterocycles. The number of halogens is 1. The highest BCUT2D eigenvalue weighted by Gasteiger charge is 2.32. The third kappa shape index (κ3) is 7.98. The molecule has 3 aromatic rings. The van der Waals surface area contributed by atoms with Gasteiger partial charge in [0.2, 0.25) is 0 Å². The molecule has 0 saturated carbocycles. The number of nitrogens with zero attached hydrogens (tertiary/aromatic N) is 1. The van der Waals surface area contributed by atoms with Gasteiger partial charge >= 0.3 is 12.0 Å². The summed E-state index contributed by atoms with van der Waals surface area (Å²) in [6.45, 7) is 1.66. The number of amides is 3. The zero-order valence-corrected chi connectivity index (χ0v) is 26.6. The topological polar surface area (TPSA) is 146 Å². The second-order valence-electron chi connectivity index (χ2n) is 9.36. The van der Waals surface area contributed by atoms with Crippen LogP contribution in [-0.2, 0) is 20.9 Å². The minimum atomic E-state index is -0.775. The highest BCUT2D eigenvalue weighted by Crippen LogP contribution is 2.35. The summed E-state index contributed by atoms with van der Waals surface area (Å²) in [5.74, 6) is 0.631. The van der Waals surface area contributed by atoms with Crippen LogP contribution in [0.4, 0.5) is 4.79 Å². The van der Waals surface area contributed by atoms with Crippen molar-refractivity contribution < 1.29 is 38.1 Å². The number of hydrogen-bond donors (Lipinski definition) is 3. The van der Waals surface area contributed by atoms with Crippen LogP contribution >= 0.6 is 22.6 Å². The van der Waals surface area contributed by atoms with Crippen LogP contribution in [0.15, 0.2) is 77.0 Å². The molecular weight excluding hydrogens is 683 g/mol. The highest BCUT2D eigenvalue weighted by molar-refractivity contribution is 14.1. The van der Waals surface area contributed by atoms with Crippen LogP contribution in [0.5, 0.6) is 23.0 Å². The number of benzene rings is 3. The molecule has 44 heavy (non-hydrogen) atoms. The van der Waals surface area contributed by atoms with Crippen molar-refractivity contribution in [3.05, 3.63) is 92.2 Å². The minimum Gasteiger partial charge on any atom is -0.493 e. The molecule has 1 atom stereocenters. The number of hydrazone groups is 1. The summed E-state index contributed by atoms with van der Waals surface area (Å²) >= 11 is 2.16. The van der Waals surface area contributed by atoms with Crippen molar-refractivity contribution >= 4 is 46.7 Å². The van der Waals surface area contributed by atoms with E-state index in [-0.39, 0.29) is 17.9 Å². The van der Waals surface area contributed by atoms with Crippen molar-refractivity contribution in [2.75, 3.05) is 27.9 Å². The number of rotatable bonds is 12. The fraction of sp³-hybridized carbons (Fsp3) is 0.226. The van der Waals surface area contributed by atoms with Crippen LogP contribution in [0, 0.1) is 3.57 Å². The van der Waals surface area contributed by atoms with E-state index in [0.717, 1.165) is 9.13 Å². The first-order valence-electron chi connectivity index (χ1n) is 13.3. The Balaban J connectivity index is 1.37. The van der Waals surface area contributed by atoms with E-state index in [0.29, 0.717) is 40.7 Å². The van der Waals surface area contributed by atoms with E-state index < -0.39 is 23.9 Å². The number of nitrogens with one attached hydrogen (secondary N) is 3. The second kappa shape index (κ2) is 15.1. The maximum Gasteiger partial charge on any atom is 0.337 e. The van der Waals surface area contributed by atoms with Crippen LogP contribution < -0.4 is 35.0 Å². The van der Waals surface area contributed by atoms with Gasteiger partial charge in [0.25, 0.3) is 5.91 Å². The van der Waals surface area contributed by atoms with Gasteiger partial charge < -0.3 is 34.3 Å². The molecule has 0 spiro atoms. The Labute approximate surface area is 267 Å². The summed E-state index contributed by atoms with van der Waals surface area (Å²) in [7, 11) is 4.26. The summed E-state index contributed by atoms with van der Waals surface area (Å²) in [5.41, 5.74) is 5.34. The molecule has 1 aliphatic heterocycles. The summed E-state index contributed by atoms with van der Waals surface area (Å²) in [6.07, 6.45) is 1.49. The van der Waals surface area contributed by atoms with Crippen LogP contribution in [0.1, 0.15) is 29.7 Å². The van der Waals surface area contributed by atoms with Gasteiger partial charge in [0.1, 0.15) is 6.61 Å². The van der Waals surface area contributed by atoms with Gasteiger partial charge in [-0.1, -0.05) is 36.4 Å². The molecule has 1 heterocycles. The molecular formula is C31H31IN4O8. The quantitative estimate of drug-likeness (QED) is 0.110. The monoisotopic (exact) mass is 714 g/mol. The zero-order valence-electron chi connectivity index (χ0n) is 24.4. The van der Waals surface area contributed by atoms with Crippen LogP contribution in [0.3, 0.4) is 0 Å². The van der Waals surface area contributed by atoms with Crippen molar-refractivity contribution in [2.24, 2.45) is 5.10 Å². The van der Waals surface area contributed by atoms with Crippen molar-refractivity contribution in [3.8, 4) is 23.0 Å². The average Bonchev–Trinajstić information content (AvgIpc) is 3.02. The first-order valence-corrected chi connectivity index (χ1v) is 14.3. The van der Waals surface area contributed by atoms with Crippen molar-refractivity contribution in [1.82, 2.24) is 16.1 Å². The molecule has 3 amide bonds. The third-order valence-corrected chi connectivity index (χ3v) is 7.24. The molecule has 3 aromatic carbocycles. The molecule has 0 aromatic heterocycles. The SMILES string of the molecule is COC(=O)C1=C(C)NC(=O)N[C@@H]1c1ccc(OCC(=O)N/N=C\c2cc(I)c(OCc3ccccc3)c(OC)c2)c(OC)c1. The Kier molecular flexibility index (Phi) is 11.0. The van der Waals surface area contributed by atoms with Crippen molar-refractivity contribution in [3.63, 3.8) is 0 Å². The minimum absolute atomic E-state index is 0.252. The van der Waals surface area contributed by atoms with Gasteiger partial charge in [-0.3, -0.25) is 4.79 Å². The normalized spacial score (nSPS) is 14.4. The largest absolute Gasteiger partial charge is 0.493 e. The lowest BCUT2D eigenvalue weighted by atomic mass is 9.95. The van der Waals surface area contributed by atoms with Gasteiger partial charge in [-0.2, -0.15) is 5.10 Å². The van der Waals surface area contributed by atoms with E-state index in [1.807, 2.05) is 36.4 Å². The van der Waals surface area contributed by atoms with Crippen LogP contribution in [-0.4, -0.2) is 52.1 Å². The molecule has 0 radical (unpaired) electrons. The van der Waals surface area contributed by atoms with E-state index in [1.165, 1.54) is 20.4 Å². The lowest BCUT2D eigenvalue weighted by Crippen LogP contribution is -2.45. The van der Waals surface area contributed by atoms with E-state index in [2.05, 4.69) is 43.8 Å². The molecule has 0 aliphatic carbocycles. The number of urea groups is 1. The molecule has 4 rings (SSSR count). The molecule has 1 aliphatic rings. The molecule has 12 nitrogen and oxygen atoms in total. The second-order valence-corrected chi connectivity index (χ2v) is 10.5. The molecule has 0 bridgehead atoms. The fourth-order valence-corrected chi connectivity index (χ4v) is 5.13. The molecule has 13 heteroatoms. The maximum atomic E-state index is 12.5. The van der Waals surface area contributed by atoms with Crippen molar-refractivity contribution in [1.29, 1.82) is 0 Å². The van der Waals surface area contributed by atoms with Gasteiger partial charge in [-0.25, -0.2) is 15.0 Å². The van der Waals surface area contributed by atoms with Gasteiger partial charge in [-0.15, -0.1) is 0 Å². The Hall–Kier alpha value is -4.79. The zero-order chi connectivity index (χ0) is 31.6. The summed E-state index contributed by atoms with van der Waals surface area (Å²) in [4.78, 5) is 36.9. The highest BCUT2D eigenvalue weighted by atomic mass is 127. The first-order chi connectivity index (χ1) is 21.2. The molecule has 230 valence electrons. The number of esters is 1. The van der Waals surface area contributed by atoms with E-state index in [9.17, 15) is 14.4 Å². The smallest absolute Gasteiger partial charge is 0.337 e. The standard InChI is InChI=1S/C31H31IN4O8/c1-18-27(30(38)42-4)28(35-31(39)34-18)21-10-11-23(24(14-21)40-2)43-17-26(37)36-33-15-20-12-22(32)29(25(13-20)41-3)44-16-19-8-6-5-7-9-19/h5-15,28H,16-17H2,1-4H3,(H,36,37)(H2,34,35,39)/b33-15-/t28-/m1/s1. The number of carbonyl (C=O) groups excluding carboxylic acids is 3. The molecule has 0 fully saturated rings. The van der Waals surface area contributed by atoms with E-state index in [1.54, 1.807) is 38.3 Å². The van der Waals surface area contributed by atoms with E-state index in [4.69, 9.17) is 23.7 Å². The molecule has 0 unspecified atom stereocenters. The first kappa shape index (κ1) is 32.1. The summed E-state index contributed by atoms with van der Waals surface area (Å²) < 4.78 is 28.3. The Bertz CT molecular complexity index is 1590. The van der Waals surface area contributed by atoms with Gasteiger partial charge in [0.05, 0.1) is 42.7 Å². The average molecular weight is 715 g/mol. The van der Waals surface area contributed by atoms with Crippen LogP contribution in [0.2, 0.25) is 0 Å². The number of hydrogen-bond acceptors (Lipinski definition) is 9. The summed E-state index contributed by atoms with van der Waals surface area (Å²) in [5, 5.41) is 9.31. The maximum absolute atomic E-state index is 12.5. The number of ether oxygens (including phenoxy) is 5. The predicted octanol–water partition coefficient (Wildman–Crippen LogP) is 4.22. The number of allylic oxidation sites excluding steroid dienone is 1. The Morgan fingerprint density at radius 3 is 2.43 bits per heavy atom. The van der Waals surface area contributed by atoms with E-state index >= 15 is 0 Å². The predicted molar refractivity (Wildman–Crippen MR) is 170 cm³/mol. The third-order valence-electron chi connectivity index (χ3n) is 6.43. The Morgan fingerprint density at radius 1 is 0.977 bits per heavy atom. The Morgan fingerprint density at radius 2 is 1.73 bits per heavy atom. The lowest BCUT2D eigenvalue weighted by molar-refractivity contribution is -0.136. The number of carbonyl (C=O) groups is 3. The van der Waals surface area contributed by atoms with Gasteiger partial charge in [-0.05, 0) is 70.5 Å². The molecule has 3 N–H and O–H groups in total. The van der Waals surface area contributed by atoms with Gasteiger partial charge in [0.15, 0.2) is 29.6 Å². The van der Waals surface area contributed by atoms with Gasteiger partial charge in [0, 0.05) is 5.70 Å². The van der Waals surface area contributed by atoms with Crippen molar-refractivity contribution in [2.45, 2.75) is 19.6 Å².